The summed E-state index contributed by atoms with van der Waals surface area (Å²) in [6.45, 7) is 3.69. The van der Waals surface area contributed by atoms with Gasteiger partial charge in [0.2, 0.25) is 0 Å². The molecule has 90 valence electrons. The van der Waals surface area contributed by atoms with Crippen LogP contribution in [0.5, 0.6) is 0 Å². The standard InChI is InChI=1S/C11H12BrFN4/c1-6(14)11-7(2)17(16-15-11)10-5-8(13)3-4-9(10)12/h3-6H,14H2,1-2H3. The molecule has 1 atom stereocenters. The Bertz CT molecular complexity index is 550. The molecule has 17 heavy (non-hydrogen) atoms. The monoisotopic (exact) mass is 298 g/mol. The summed E-state index contributed by atoms with van der Waals surface area (Å²) in [5, 5.41) is 8.01. The van der Waals surface area contributed by atoms with E-state index in [0.29, 0.717) is 11.4 Å². The van der Waals surface area contributed by atoms with E-state index in [1.165, 1.54) is 12.1 Å². The molecule has 1 aromatic carbocycles. The van der Waals surface area contributed by atoms with Crippen molar-refractivity contribution in [1.29, 1.82) is 0 Å². The lowest BCUT2D eigenvalue weighted by Gasteiger charge is -2.07. The lowest BCUT2D eigenvalue weighted by atomic mass is 10.2. The maximum Gasteiger partial charge on any atom is 0.125 e. The highest BCUT2D eigenvalue weighted by Gasteiger charge is 2.15. The Morgan fingerprint density at radius 3 is 2.76 bits per heavy atom. The molecule has 1 unspecified atom stereocenters. The van der Waals surface area contributed by atoms with E-state index in [9.17, 15) is 4.39 Å². The number of nitrogens with two attached hydrogens (primary N) is 1. The lowest BCUT2D eigenvalue weighted by Crippen LogP contribution is -2.08. The predicted octanol–water partition coefficient (Wildman–Crippen LogP) is 2.50. The maximum absolute atomic E-state index is 13.2. The van der Waals surface area contributed by atoms with Gasteiger partial charge < -0.3 is 5.73 Å². The number of nitrogens with zero attached hydrogens (tertiary/aromatic N) is 3. The average Bonchev–Trinajstić information content (AvgIpc) is 2.64. The smallest absolute Gasteiger partial charge is 0.125 e. The molecule has 0 saturated heterocycles. The summed E-state index contributed by atoms with van der Waals surface area (Å²) < 4.78 is 15.6. The van der Waals surface area contributed by atoms with E-state index < -0.39 is 0 Å². The Morgan fingerprint density at radius 1 is 1.47 bits per heavy atom. The first-order valence-corrected chi connectivity index (χ1v) is 5.93. The summed E-state index contributed by atoms with van der Waals surface area (Å²) in [6.07, 6.45) is 0. The lowest BCUT2D eigenvalue weighted by molar-refractivity contribution is 0.624. The van der Waals surface area contributed by atoms with Crippen molar-refractivity contribution in [1.82, 2.24) is 15.0 Å². The van der Waals surface area contributed by atoms with E-state index in [1.807, 2.05) is 13.8 Å². The molecule has 0 spiro atoms. The Morgan fingerprint density at radius 2 is 2.18 bits per heavy atom. The van der Waals surface area contributed by atoms with Crippen LogP contribution < -0.4 is 5.73 Å². The molecular weight excluding hydrogens is 287 g/mol. The van der Waals surface area contributed by atoms with Gasteiger partial charge in [-0.15, -0.1) is 5.10 Å². The van der Waals surface area contributed by atoms with Crippen LogP contribution in [-0.2, 0) is 0 Å². The number of benzene rings is 1. The normalized spacial score (nSPS) is 12.8. The fraction of sp³-hybridized carbons (Fsp3) is 0.273. The zero-order valence-electron chi connectivity index (χ0n) is 9.48. The van der Waals surface area contributed by atoms with Crippen LogP contribution in [0.25, 0.3) is 5.69 Å². The molecule has 1 aromatic heterocycles. The van der Waals surface area contributed by atoms with Crippen LogP contribution in [0.15, 0.2) is 22.7 Å². The Kier molecular flexibility index (Phi) is 3.26. The molecule has 2 aromatic rings. The Labute approximate surface area is 107 Å². The molecule has 0 aliphatic heterocycles. The number of hydrogen-bond acceptors (Lipinski definition) is 3. The van der Waals surface area contributed by atoms with Crippen LogP contribution in [0.4, 0.5) is 4.39 Å². The van der Waals surface area contributed by atoms with Gasteiger partial charge in [-0.2, -0.15) is 0 Å². The molecule has 0 aliphatic rings. The SMILES string of the molecule is Cc1c(C(C)N)nnn1-c1cc(F)ccc1Br. The van der Waals surface area contributed by atoms with Crippen LogP contribution >= 0.6 is 15.9 Å². The first-order valence-electron chi connectivity index (χ1n) is 5.14. The molecule has 2 rings (SSSR count). The van der Waals surface area contributed by atoms with E-state index in [4.69, 9.17) is 5.73 Å². The van der Waals surface area contributed by atoms with Gasteiger partial charge in [-0.3, -0.25) is 0 Å². The van der Waals surface area contributed by atoms with Gasteiger partial charge in [0.25, 0.3) is 0 Å². The van der Waals surface area contributed by atoms with Crippen molar-refractivity contribution < 1.29 is 4.39 Å². The van der Waals surface area contributed by atoms with Crippen molar-refractivity contribution in [2.45, 2.75) is 19.9 Å². The van der Waals surface area contributed by atoms with Crippen LogP contribution in [0, 0.1) is 12.7 Å². The minimum Gasteiger partial charge on any atom is -0.323 e. The van der Waals surface area contributed by atoms with Crippen LogP contribution in [0.3, 0.4) is 0 Å². The zero-order chi connectivity index (χ0) is 12.6. The van der Waals surface area contributed by atoms with Crippen molar-refractivity contribution in [3.8, 4) is 5.69 Å². The summed E-state index contributed by atoms with van der Waals surface area (Å²) in [5.41, 5.74) is 7.91. The fourth-order valence-electron chi connectivity index (χ4n) is 1.64. The minimum atomic E-state index is -0.319. The molecule has 1 heterocycles. The first-order chi connectivity index (χ1) is 8.00. The van der Waals surface area contributed by atoms with E-state index in [2.05, 4.69) is 26.2 Å². The molecule has 0 radical (unpaired) electrons. The first kappa shape index (κ1) is 12.2. The van der Waals surface area contributed by atoms with E-state index in [-0.39, 0.29) is 11.9 Å². The number of halogens is 2. The fourth-order valence-corrected chi connectivity index (χ4v) is 2.05. The number of hydrogen-bond donors (Lipinski definition) is 1. The second-order valence-corrected chi connectivity index (χ2v) is 4.71. The van der Waals surface area contributed by atoms with Gasteiger partial charge in [-0.1, -0.05) is 5.21 Å². The van der Waals surface area contributed by atoms with Crippen LogP contribution in [0.2, 0.25) is 0 Å². The Hall–Kier alpha value is -1.27. The highest BCUT2D eigenvalue weighted by molar-refractivity contribution is 9.10. The summed E-state index contributed by atoms with van der Waals surface area (Å²) in [7, 11) is 0. The van der Waals surface area contributed by atoms with E-state index in [1.54, 1.807) is 10.7 Å². The summed E-state index contributed by atoms with van der Waals surface area (Å²) in [4.78, 5) is 0. The van der Waals surface area contributed by atoms with Gasteiger partial charge in [0, 0.05) is 16.6 Å². The third-order valence-corrected chi connectivity index (χ3v) is 3.17. The predicted molar refractivity (Wildman–Crippen MR) is 66.4 cm³/mol. The molecule has 2 N–H and O–H groups in total. The van der Waals surface area contributed by atoms with Gasteiger partial charge in [0.1, 0.15) is 11.5 Å². The van der Waals surface area contributed by atoms with Crippen LogP contribution in [-0.4, -0.2) is 15.0 Å². The minimum absolute atomic E-state index is 0.198. The van der Waals surface area contributed by atoms with Crippen molar-refractivity contribution in [2.24, 2.45) is 5.73 Å². The summed E-state index contributed by atoms with van der Waals surface area (Å²) in [5.74, 6) is -0.319. The molecule has 0 fully saturated rings. The van der Waals surface area contributed by atoms with Gasteiger partial charge in [-0.25, -0.2) is 9.07 Å². The Balaban J connectivity index is 2.57. The van der Waals surface area contributed by atoms with Crippen LogP contribution in [0.1, 0.15) is 24.4 Å². The summed E-state index contributed by atoms with van der Waals surface area (Å²) >= 11 is 3.36. The largest absolute Gasteiger partial charge is 0.323 e. The molecule has 0 saturated carbocycles. The van der Waals surface area contributed by atoms with Crippen molar-refractivity contribution in [2.75, 3.05) is 0 Å². The molecular formula is C11H12BrFN4. The highest BCUT2D eigenvalue weighted by atomic mass is 79.9. The van der Waals surface area contributed by atoms with Crippen molar-refractivity contribution in [3.05, 3.63) is 39.9 Å². The average molecular weight is 299 g/mol. The maximum atomic E-state index is 13.2. The van der Waals surface area contributed by atoms with E-state index in [0.717, 1.165) is 10.2 Å². The topological polar surface area (TPSA) is 56.7 Å². The van der Waals surface area contributed by atoms with E-state index >= 15 is 0 Å². The molecule has 6 heteroatoms. The molecule has 0 amide bonds. The second-order valence-electron chi connectivity index (χ2n) is 3.86. The van der Waals surface area contributed by atoms with Crippen molar-refractivity contribution >= 4 is 15.9 Å². The quantitative estimate of drug-likeness (QED) is 0.927. The number of aromatic nitrogens is 3. The van der Waals surface area contributed by atoms with Crippen molar-refractivity contribution in [3.63, 3.8) is 0 Å². The molecule has 0 aliphatic carbocycles. The third kappa shape index (κ3) is 2.23. The zero-order valence-corrected chi connectivity index (χ0v) is 11.1. The van der Waals surface area contributed by atoms with Gasteiger partial charge in [-0.05, 0) is 41.9 Å². The molecule has 0 bridgehead atoms. The highest BCUT2D eigenvalue weighted by Crippen LogP contribution is 2.24. The summed E-state index contributed by atoms with van der Waals surface area (Å²) in [6, 6.07) is 4.22. The number of rotatable bonds is 2. The van der Waals surface area contributed by atoms with Gasteiger partial charge in [0.15, 0.2) is 0 Å². The molecule has 4 nitrogen and oxygen atoms in total. The van der Waals surface area contributed by atoms with Gasteiger partial charge in [0.05, 0.1) is 11.4 Å². The second kappa shape index (κ2) is 4.54. The third-order valence-electron chi connectivity index (χ3n) is 2.50. The van der Waals surface area contributed by atoms with Gasteiger partial charge >= 0.3 is 0 Å².